The van der Waals surface area contributed by atoms with Crippen molar-refractivity contribution in [3.63, 3.8) is 0 Å². The van der Waals surface area contributed by atoms with Gasteiger partial charge in [0.1, 0.15) is 24.7 Å². The van der Waals surface area contributed by atoms with Gasteiger partial charge in [-0.2, -0.15) is 0 Å². The second-order valence-corrected chi connectivity index (χ2v) is 6.09. The van der Waals surface area contributed by atoms with Crippen molar-refractivity contribution in [2.45, 2.75) is 33.1 Å². The summed E-state index contributed by atoms with van der Waals surface area (Å²) in [7, 11) is 0. The molecule has 0 fully saturated rings. The Bertz CT molecular complexity index is 707. The molecule has 0 aliphatic rings. The van der Waals surface area contributed by atoms with Gasteiger partial charge in [0.05, 0.1) is 0 Å². The van der Waals surface area contributed by atoms with Crippen molar-refractivity contribution in [3.8, 4) is 23.8 Å². The molecule has 2 aromatic carbocycles. The van der Waals surface area contributed by atoms with Crippen LogP contribution in [-0.2, 0) is 5.41 Å². The quantitative estimate of drug-likeness (QED) is 0.541. The minimum atomic E-state index is -0.126. The number of rotatable bonds is 7. The lowest BCUT2D eigenvalue weighted by Gasteiger charge is -2.26. The average molecular weight is 371 g/mol. The third-order valence-corrected chi connectivity index (χ3v) is 4.09. The van der Waals surface area contributed by atoms with E-state index in [1.807, 2.05) is 38.1 Å². The number of benzene rings is 2. The second kappa shape index (κ2) is 11.3. The maximum absolute atomic E-state index is 5.57. The van der Waals surface area contributed by atoms with Gasteiger partial charge in [0.2, 0.25) is 0 Å². The Kier molecular flexibility index (Phi) is 9.41. The highest BCUT2D eigenvalue weighted by molar-refractivity contribution is 6.25. The molecule has 0 atom stereocenters. The van der Waals surface area contributed by atoms with E-state index in [-0.39, 0.29) is 12.0 Å². The van der Waals surface area contributed by atoms with Crippen LogP contribution in [0.2, 0.25) is 0 Å². The summed E-state index contributed by atoms with van der Waals surface area (Å²) in [6.45, 7) is 9.13. The summed E-state index contributed by atoms with van der Waals surface area (Å²) in [5.41, 5.74) is 3.74. The van der Waals surface area contributed by atoms with E-state index in [4.69, 9.17) is 27.5 Å². The molecule has 0 heterocycles. The lowest BCUT2D eigenvalue weighted by Crippen LogP contribution is -2.18. The molecule has 0 aliphatic heterocycles. The smallest absolute Gasteiger partial charge is 0.148 e. The van der Waals surface area contributed by atoms with Gasteiger partial charge in [-0.15, -0.1) is 6.42 Å². The minimum absolute atomic E-state index is 0.126. The van der Waals surface area contributed by atoms with Crippen LogP contribution < -0.4 is 9.47 Å². The lowest BCUT2D eigenvalue weighted by atomic mass is 9.78. The standard InChI is InChI=1S/C21H21ClO2.C2H6/c1-4-15-23-19-10-6-17(7-11-19)21(2,3)18-8-12-20(13-9-18)24-16-5-14-22;1-2/h1,5-14H,15-16H2,2-3H3;1-2H3/b14-5+;. The van der Waals surface area contributed by atoms with E-state index < -0.39 is 0 Å². The highest BCUT2D eigenvalue weighted by Crippen LogP contribution is 2.33. The molecule has 0 bridgehead atoms. The first kappa shape index (κ1) is 21.7. The molecule has 0 N–H and O–H groups in total. The molecule has 0 aliphatic carbocycles. The Morgan fingerprint density at radius 3 is 1.81 bits per heavy atom. The summed E-state index contributed by atoms with van der Waals surface area (Å²) in [6.07, 6.45) is 6.96. The number of halogens is 1. The van der Waals surface area contributed by atoms with Crippen LogP contribution in [0.1, 0.15) is 38.8 Å². The number of hydrogen-bond acceptors (Lipinski definition) is 2. The van der Waals surface area contributed by atoms with Crippen molar-refractivity contribution in [1.29, 1.82) is 0 Å². The van der Waals surface area contributed by atoms with Crippen LogP contribution in [-0.4, -0.2) is 13.2 Å². The van der Waals surface area contributed by atoms with Crippen LogP contribution in [0.4, 0.5) is 0 Å². The predicted octanol–water partition coefficient (Wildman–Crippen LogP) is 6.18. The van der Waals surface area contributed by atoms with Crippen molar-refractivity contribution < 1.29 is 9.47 Å². The van der Waals surface area contributed by atoms with Gasteiger partial charge in [0.25, 0.3) is 0 Å². The van der Waals surface area contributed by atoms with Crippen LogP contribution in [0, 0.1) is 12.3 Å². The molecule has 3 heteroatoms. The average Bonchev–Trinajstić information content (AvgIpc) is 2.69. The summed E-state index contributed by atoms with van der Waals surface area (Å²) in [4.78, 5) is 0. The molecule has 0 saturated carbocycles. The molecular weight excluding hydrogens is 344 g/mol. The van der Waals surface area contributed by atoms with Gasteiger partial charge in [0, 0.05) is 11.0 Å². The molecular formula is C23H27ClO2. The van der Waals surface area contributed by atoms with Crippen LogP contribution in [0.5, 0.6) is 11.5 Å². The molecule has 0 unspecified atom stereocenters. The predicted molar refractivity (Wildman–Crippen MR) is 111 cm³/mol. The molecule has 2 aromatic rings. The largest absolute Gasteiger partial charge is 0.490 e. The van der Waals surface area contributed by atoms with E-state index in [2.05, 4.69) is 44.0 Å². The molecule has 2 nitrogen and oxygen atoms in total. The van der Waals surface area contributed by atoms with Crippen molar-refractivity contribution >= 4 is 11.6 Å². The number of ether oxygens (including phenoxy) is 2. The molecule has 0 saturated heterocycles. The lowest BCUT2D eigenvalue weighted by molar-refractivity contribution is 0.363. The SMILES string of the molecule is C#CCOc1ccc(C(C)(C)c2ccc(OC/C=C/Cl)cc2)cc1.CC. The molecule has 2 rings (SSSR count). The van der Waals surface area contributed by atoms with Gasteiger partial charge in [0.15, 0.2) is 0 Å². The van der Waals surface area contributed by atoms with Crippen LogP contribution in [0.15, 0.2) is 60.1 Å². The van der Waals surface area contributed by atoms with Gasteiger partial charge >= 0.3 is 0 Å². The van der Waals surface area contributed by atoms with E-state index in [0.717, 1.165) is 11.5 Å². The fraction of sp³-hybridized carbons (Fsp3) is 0.304. The molecule has 0 aromatic heterocycles. The maximum Gasteiger partial charge on any atom is 0.148 e. The van der Waals surface area contributed by atoms with E-state index in [1.54, 1.807) is 6.08 Å². The first-order valence-electron chi connectivity index (χ1n) is 8.73. The number of terminal acetylenes is 1. The Morgan fingerprint density at radius 2 is 1.38 bits per heavy atom. The Labute approximate surface area is 162 Å². The van der Waals surface area contributed by atoms with E-state index in [9.17, 15) is 0 Å². The normalized spacial score (nSPS) is 10.6. The van der Waals surface area contributed by atoms with E-state index in [0.29, 0.717) is 6.61 Å². The van der Waals surface area contributed by atoms with Crippen molar-refractivity contribution in [2.24, 2.45) is 0 Å². The topological polar surface area (TPSA) is 18.5 Å². The first-order valence-corrected chi connectivity index (χ1v) is 9.17. The third kappa shape index (κ3) is 6.17. The highest BCUT2D eigenvalue weighted by atomic mass is 35.5. The Hall–Kier alpha value is -2.37. The van der Waals surface area contributed by atoms with Crippen LogP contribution in [0.3, 0.4) is 0 Å². The van der Waals surface area contributed by atoms with Gasteiger partial charge in [-0.05, 0) is 41.5 Å². The third-order valence-electron chi connectivity index (χ3n) is 3.91. The molecule has 0 amide bonds. The number of hydrogen-bond donors (Lipinski definition) is 0. The molecule has 0 radical (unpaired) electrons. The zero-order chi connectivity index (χ0) is 19.4. The highest BCUT2D eigenvalue weighted by Gasteiger charge is 2.23. The second-order valence-electron chi connectivity index (χ2n) is 5.84. The van der Waals surface area contributed by atoms with Crippen LogP contribution >= 0.6 is 11.6 Å². The van der Waals surface area contributed by atoms with Gasteiger partial charge in [-0.1, -0.05) is 69.5 Å². The minimum Gasteiger partial charge on any atom is -0.490 e. The molecule has 0 spiro atoms. The van der Waals surface area contributed by atoms with E-state index >= 15 is 0 Å². The Balaban J connectivity index is 0.00000163. The zero-order valence-corrected chi connectivity index (χ0v) is 16.7. The molecule has 26 heavy (non-hydrogen) atoms. The fourth-order valence-electron chi connectivity index (χ4n) is 2.41. The zero-order valence-electron chi connectivity index (χ0n) is 16.0. The first-order chi connectivity index (χ1) is 12.6. The maximum atomic E-state index is 5.57. The summed E-state index contributed by atoms with van der Waals surface area (Å²) in [5, 5.41) is 0. The van der Waals surface area contributed by atoms with Crippen molar-refractivity contribution in [2.75, 3.05) is 13.2 Å². The van der Waals surface area contributed by atoms with Gasteiger partial charge in [-0.25, -0.2) is 0 Å². The van der Waals surface area contributed by atoms with Gasteiger partial charge in [-0.3, -0.25) is 0 Å². The summed E-state index contributed by atoms with van der Waals surface area (Å²) >= 11 is 5.48. The summed E-state index contributed by atoms with van der Waals surface area (Å²) in [6, 6.07) is 16.2. The van der Waals surface area contributed by atoms with E-state index in [1.165, 1.54) is 16.7 Å². The van der Waals surface area contributed by atoms with Crippen LogP contribution in [0.25, 0.3) is 0 Å². The molecule has 138 valence electrons. The van der Waals surface area contributed by atoms with Crippen molar-refractivity contribution in [1.82, 2.24) is 0 Å². The van der Waals surface area contributed by atoms with Gasteiger partial charge < -0.3 is 9.47 Å². The Morgan fingerprint density at radius 1 is 0.923 bits per heavy atom. The summed E-state index contributed by atoms with van der Waals surface area (Å²) < 4.78 is 11.0. The summed E-state index contributed by atoms with van der Waals surface area (Å²) in [5.74, 6) is 4.07. The fourth-order valence-corrected chi connectivity index (χ4v) is 2.48. The van der Waals surface area contributed by atoms with Crippen molar-refractivity contribution in [3.05, 3.63) is 71.3 Å². The monoisotopic (exact) mass is 370 g/mol.